The number of phosphoric acid groups is 1. The molecule has 2 aromatic heterocycles. The highest BCUT2D eigenvalue weighted by molar-refractivity contribution is 7.49. The fraction of sp³-hybridized carbons (Fsp3) is 0.316. The van der Waals surface area contributed by atoms with Crippen molar-refractivity contribution in [1.29, 1.82) is 0 Å². The van der Waals surface area contributed by atoms with E-state index in [0.29, 0.717) is 16.9 Å². The highest BCUT2D eigenvalue weighted by Gasteiger charge is 2.50. The van der Waals surface area contributed by atoms with Gasteiger partial charge in [0.25, 0.3) is 0 Å². The summed E-state index contributed by atoms with van der Waals surface area (Å²) in [7, 11) is -3.95. The molecule has 5 rings (SSSR count). The molecule has 2 aliphatic rings. The van der Waals surface area contributed by atoms with E-state index in [1.54, 1.807) is 22.8 Å². The maximum atomic E-state index is 12.9. The van der Waals surface area contributed by atoms with Crippen LogP contribution in [0.25, 0.3) is 11.2 Å². The van der Waals surface area contributed by atoms with Crippen molar-refractivity contribution in [2.75, 3.05) is 12.3 Å². The molecule has 0 saturated carbocycles. The molecule has 3 aromatic rings. The first-order chi connectivity index (χ1) is 14.9. The van der Waals surface area contributed by atoms with Gasteiger partial charge < -0.3 is 20.1 Å². The third-order valence-electron chi connectivity index (χ3n) is 5.25. The van der Waals surface area contributed by atoms with Crippen LogP contribution in [0, 0.1) is 12.3 Å². The number of aromatic nitrogens is 4. The van der Waals surface area contributed by atoms with Crippen LogP contribution in [0.2, 0.25) is 0 Å². The molecule has 1 unspecified atom stereocenters. The number of rotatable bonds is 4. The Morgan fingerprint density at radius 2 is 2.23 bits per heavy atom. The first-order valence-corrected chi connectivity index (χ1v) is 10.8. The number of terminal acetylenes is 1. The van der Waals surface area contributed by atoms with Crippen LogP contribution >= 0.6 is 7.82 Å². The molecule has 2 aliphatic heterocycles. The first kappa shape index (κ1) is 19.9. The molecule has 1 aromatic carbocycles. The summed E-state index contributed by atoms with van der Waals surface area (Å²) in [4.78, 5) is 12.3. The lowest BCUT2D eigenvalue weighted by molar-refractivity contribution is -0.0887. The summed E-state index contributed by atoms with van der Waals surface area (Å²) in [6, 6.07) is 7.02. The number of benzene rings is 1. The van der Waals surface area contributed by atoms with Gasteiger partial charge in [0.1, 0.15) is 36.5 Å². The van der Waals surface area contributed by atoms with E-state index < -0.39 is 32.4 Å². The van der Waals surface area contributed by atoms with Gasteiger partial charge in [-0.1, -0.05) is 24.1 Å². The standard InChI is InChI=1S/C19H18N5O6P/c1-2-19(9-28-31(26)27-8-12-5-3-4-6-13(12)30-31)14(25)7-15(29-19)24-11-23-16-17(20)21-10-22-18(16)24/h1,3-6,10-11,14-15,25H,7-9H2,(H2,20,21,22)/t14-,15+,19+,31?/m0/s1. The summed E-state index contributed by atoms with van der Waals surface area (Å²) >= 11 is 0. The number of nitrogens with zero attached hydrogens (tertiary/aromatic N) is 4. The minimum Gasteiger partial charge on any atom is -0.404 e. The predicted molar refractivity (Wildman–Crippen MR) is 107 cm³/mol. The van der Waals surface area contributed by atoms with Crippen molar-refractivity contribution >= 4 is 24.8 Å². The van der Waals surface area contributed by atoms with Crippen LogP contribution in [0.15, 0.2) is 36.9 Å². The second-order valence-electron chi connectivity index (χ2n) is 7.13. The Bertz CT molecular complexity index is 1240. The predicted octanol–water partition coefficient (Wildman–Crippen LogP) is 1.79. The summed E-state index contributed by atoms with van der Waals surface area (Å²) in [6.45, 7) is -0.352. The van der Waals surface area contributed by atoms with Crippen molar-refractivity contribution in [3.63, 3.8) is 0 Å². The van der Waals surface area contributed by atoms with Gasteiger partial charge in [0, 0.05) is 12.0 Å². The molecule has 0 radical (unpaired) electrons. The molecule has 0 bridgehead atoms. The third kappa shape index (κ3) is 3.35. The lowest BCUT2D eigenvalue weighted by Gasteiger charge is -2.30. The van der Waals surface area contributed by atoms with Crippen LogP contribution in [0.5, 0.6) is 5.75 Å². The Hall–Kier alpha value is -3.00. The Morgan fingerprint density at radius 1 is 1.39 bits per heavy atom. The maximum Gasteiger partial charge on any atom is 0.530 e. The fourth-order valence-corrected chi connectivity index (χ4v) is 4.80. The van der Waals surface area contributed by atoms with E-state index in [4.69, 9.17) is 30.5 Å². The number of imidazole rings is 1. The number of nitrogens with two attached hydrogens (primary N) is 1. The first-order valence-electron chi connectivity index (χ1n) is 9.36. The quantitative estimate of drug-likeness (QED) is 0.452. The largest absolute Gasteiger partial charge is 0.530 e. The normalized spacial score (nSPS) is 29.9. The van der Waals surface area contributed by atoms with Crippen LogP contribution in [-0.4, -0.2) is 42.9 Å². The number of anilines is 1. The van der Waals surface area contributed by atoms with Crippen LogP contribution in [-0.2, 0) is 25.0 Å². The molecular formula is C19H18N5O6P. The molecule has 1 fully saturated rings. The zero-order valence-electron chi connectivity index (χ0n) is 16.1. The second kappa shape index (κ2) is 7.30. The highest BCUT2D eigenvalue weighted by Crippen LogP contribution is 2.55. The Labute approximate surface area is 176 Å². The monoisotopic (exact) mass is 443 g/mol. The minimum atomic E-state index is -3.95. The number of hydrogen-bond acceptors (Lipinski definition) is 10. The van der Waals surface area contributed by atoms with Gasteiger partial charge in [0.2, 0.25) is 0 Å². The number of hydrogen-bond donors (Lipinski definition) is 2. The van der Waals surface area contributed by atoms with Gasteiger partial charge in [0.15, 0.2) is 17.1 Å². The number of nitrogen functional groups attached to an aromatic ring is 1. The van der Waals surface area contributed by atoms with Gasteiger partial charge in [-0.05, 0) is 6.07 Å². The topological polar surface area (TPSA) is 144 Å². The Morgan fingerprint density at radius 3 is 3.06 bits per heavy atom. The van der Waals surface area contributed by atoms with Crippen molar-refractivity contribution in [1.82, 2.24) is 19.5 Å². The number of ether oxygens (including phenoxy) is 1. The summed E-state index contributed by atoms with van der Waals surface area (Å²) in [5.74, 6) is 3.06. The number of fused-ring (bicyclic) bond motifs is 2. The minimum absolute atomic E-state index is 0.0602. The van der Waals surface area contributed by atoms with Gasteiger partial charge in [-0.15, -0.1) is 6.42 Å². The molecule has 31 heavy (non-hydrogen) atoms. The number of para-hydroxylation sites is 1. The molecule has 4 atom stereocenters. The second-order valence-corrected chi connectivity index (χ2v) is 8.73. The molecular weight excluding hydrogens is 425 g/mol. The summed E-state index contributed by atoms with van der Waals surface area (Å²) < 4.78 is 36.7. The number of aliphatic hydroxyl groups is 1. The summed E-state index contributed by atoms with van der Waals surface area (Å²) in [5.41, 5.74) is 5.83. The Kier molecular flexibility index (Phi) is 4.69. The highest BCUT2D eigenvalue weighted by atomic mass is 31.2. The zero-order valence-corrected chi connectivity index (χ0v) is 17.0. The molecule has 11 nitrogen and oxygen atoms in total. The van der Waals surface area contributed by atoms with Gasteiger partial charge >= 0.3 is 7.82 Å². The molecule has 160 valence electrons. The molecule has 0 amide bonds. The van der Waals surface area contributed by atoms with Crippen molar-refractivity contribution in [2.45, 2.75) is 31.0 Å². The molecule has 4 heterocycles. The number of aliphatic hydroxyl groups excluding tert-OH is 1. The van der Waals surface area contributed by atoms with Crippen molar-refractivity contribution < 1.29 is 28.0 Å². The van der Waals surface area contributed by atoms with E-state index in [0.717, 1.165) is 5.56 Å². The van der Waals surface area contributed by atoms with Crippen LogP contribution in [0.1, 0.15) is 18.2 Å². The molecule has 0 aliphatic carbocycles. The van der Waals surface area contributed by atoms with Crippen LogP contribution in [0.4, 0.5) is 5.82 Å². The van der Waals surface area contributed by atoms with E-state index in [-0.39, 0.29) is 18.8 Å². The maximum absolute atomic E-state index is 12.9. The van der Waals surface area contributed by atoms with Gasteiger partial charge in [-0.3, -0.25) is 13.6 Å². The molecule has 3 N–H and O–H groups in total. The van der Waals surface area contributed by atoms with E-state index >= 15 is 0 Å². The lowest BCUT2D eigenvalue weighted by atomic mass is 9.99. The summed E-state index contributed by atoms with van der Waals surface area (Å²) in [6.07, 6.45) is 6.77. The number of phosphoric ester groups is 1. The van der Waals surface area contributed by atoms with Crippen molar-refractivity contribution in [3.05, 3.63) is 42.5 Å². The van der Waals surface area contributed by atoms with Gasteiger partial charge in [-0.25, -0.2) is 19.5 Å². The third-order valence-corrected chi connectivity index (χ3v) is 6.56. The van der Waals surface area contributed by atoms with Crippen LogP contribution < -0.4 is 10.3 Å². The average molecular weight is 443 g/mol. The van der Waals surface area contributed by atoms with E-state index in [1.165, 1.54) is 12.7 Å². The fourth-order valence-electron chi connectivity index (χ4n) is 3.55. The van der Waals surface area contributed by atoms with Crippen molar-refractivity contribution in [2.24, 2.45) is 0 Å². The van der Waals surface area contributed by atoms with Gasteiger partial charge in [0.05, 0.1) is 12.9 Å². The van der Waals surface area contributed by atoms with E-state index in [2.05, 4.69) is 20.9 Å². The van der Waals surface area contributed by atoms with Crippen LogP contribution in [0.3, 0.4) is 0 Å². The zero-order chi connectivity index (χ0) is 21.6. The molecule has 12 heteroatoms. The summed E-state index contributed by atoms with van der Waals surface area (Å²) in [5, 5.41) is 10.7. The van der Waals surface area contributed by atoms with E-state index in [1.807, 2.05) is 6.07 Å². The smallest absolute Gasteiger partial charge is 0.404 e. The van der Waals surface area contributed by atoms with Gasteiger partial charge in [-0.2, -0.15) is 0 Å². The van der Waals surface area contributed by atoms with Crippen molar-refractivity contribution in [3.8, 4) is 18.1 Å². The lowest BCUT2D eigenvalue weighted by Crippen LogP contribution is -2.42. The average Bonchev–Trinajstić information content (AvgIpc) is 3.35. The molecule has 1 saturated heterocycles. The Balaban J connectivity index is 1.36. The SMILES string of the molecule is C#C[C@]1(COP2(=O)OCc3ccccc3O2)O[C@@H](n2cnc3c(N)ncnc32)C[C@@H]1O. The van der Waals surface area contributed by atoms with E-state index in [9.17, 15) is 9.67 Å². The molecule has 0 spiro atoms.